The standard InChI is InChI=1S/C10H10O2S2/c11-9(7-1-3-13-5-7)10(12)8-2-4-14-6-8/h1-6,9-12H. The number of aliphatic hydroxyl groups is 2. The molecular weight excluding hydrogens is 216 g/mol. The molecule has 0 spiro atoms. The molecule has 0 aliphatic rings. The van der Waals surface area contributed by atoms with Crippen LogP contribution in [0.3, 0.4) is 0 Å². The minimum atomic E-state index is -0.823. The van der Waals surface area contributed by atoms with Crippen molar-refractivity contribution in [3.63, 3.8) is 0 Å². The van der Waals surface area contributed by atoms with Gasteiger partial charge in [0.25, 0.3) is 0 Å². The zero-order chi connectivity index (χ0) is 9.97. The molecule has 2 atom stereocenters. The summed E-state index contributed by atoms with van der Waals surface area (Å²) in [5.41, 5.74) is 1.54. The second kappa shape index (κ2) is 4.23. The molecule has 74 valence electrons. The molecule has 0 saturated carbocycles. The van der Waals surface area contributed by atoms with Gasteiger partial charge in [-0.25, -0.2) is 0 Å². The molecule has 2 nitrogen and oxygen atoms in total. The molecule has 2 aromatic rings. The van der Waals surface area contributed by atoms with E-state index in [0.717, 1.165) is 11.1 Å². The van der Waals surface area contributed by atoms with Crippen molar-refractivity contribution >= 4 is 22.7 Å². The highest BCUT2D eigenvalue weighted by molar-refractivity contribution is 7.08. The molecule has 0 bridgehead atoms. The Labute approximate surface area is 90.1 Å². The van der Waals surface area contributed by atoms with Gasteiger partial charge in [-0.15, -0.1) is 0 Å². The van der Waals surface area contributed by atoms with Crippen LogP contribution in [0, 0.1) is 0 Å². The van der Waals surface area contributed by atoms with E-state index in [1.807, 2.05) is 33.7 Å². The first-order valence-corrected chi connectivity index (χ1v) is 6.08. The Balaban J connectivity index is 2.16. The van der Waals surface area contributed by atoms with Crippen LogP contribution in [0.15, 0.2) is 33.7 Å². The summed E-state index contributed by atoms with van der Waals surface area (Å²) in [6, 6.07) is 3.65. The minimum Gasteiger partial charge on any atom is -0.385 e. The first-order valence-electron chi connectivity index (χ1n) is 4.19. The fraction of sp³-hybridized carbons (Fsp3) is 0.200. The molecule has 4 heteroatoms. The molecule has 2 heterocycles. The van der Waals surface area contributed by atoms with Gasteiger partial charge in [0, 0.05) is 0 Å². The summed E-state index contributed by atoms with van der Waals surface area (Å²) < 4.78 is 0. The number of hydrogen-bond donors (Lipinski definition) is 2. The molecule has 0 aliphatic heterocycles. The van der Waals surface area contributed by atoms with E-state index in [2.05, 4.69) is 0 Å². The van der Waals surface area contributed by atoms with Crippen LogP contribution in [0.5, 0.6) is 0 Å². The van der Waals surface area contributed by atoms with Crippen molar-refractivity contribution in [2.24, 2.45) is 0 Å². The topological polar surface area (TPSA) is 40.5 Å². The molecule has 2 aromatic heterocycles. The molecule has 0 radical (unpaired) electrons. The lowest BCUT2D eigenvalue weighted by Crippen LogP contribution is -2.08. The normalized spacial score (nSPS) is 15.3. The maximum absolute atomic E-state index is 9.81. The van der Waals surface area contributed by atoms with Crippen molar-refractivity contribution in [1.82, 2.24) is 0 Å². The number of thiophene rings is 2. The van der Waals surface area contributed by atoms with Crippen LogP contribution < -0.4 is 0 Å². The van der Waals surface area contributed by atoms with Gasteiger partial charge in [-0.1, -0.05) is 0 Å². The summed E-state index contributed by atoms with van der Waals surface area (Å²) >= 11 is 3.03. The Morgan fingerprint density at radius 3 is 1.57 bits per heavy atom. The zero-order valence-electron chi connectivity index (χ0n) is 7.33. The van der Waals surface area contributed by atoms with Crippen molar-refractivity contribution in [2.45, 2.75) is 12.2 Å². The lowest BCUT2D eigenvalue weighted by atomic mass is 10.0. The summed E-state index contributed by atoms with van der Waals surface area (Å²) in [7, 11) is 0. The average Bonchev–Trinajstić information content (AvgIpc) is 2.87. The minimum absolute atomic E-state index is 0.772. The molecule has 0 fully saturated rings. The van der Waals surface area contributed by atoms with E-state index in [9.17, 15) is 10.2 Å². The van der Waals surface area contributed by atoms with Gasteiger partial charge in [0.2, 0.25) is 0 Å². The highest BCUT2D eigenvalue weighted by atomic mass is 32.1. The lowest BCUT2D eigenvalue weighted by Gasteiger charge is -2.15. The largest absolute Gasteiger partial charge is 0.385 e. The van der Waals surface area contributed by atoms with Gasteiger partial charge in [-0.3, -0.25) is 0 Å². The summed E-state index contributed by atoms with van der Waals surface area (Å²) in [6.07, 6.45) is -1.65. The molecule has 0 aliphatic carbocycles. The third-order valence-corrected chi connectivity index (χ3v) is 3.47. The monoisotopic (exact) mass is 226 g/mol. The van der Waals surface area contributed by atoms with E-state index in [4.69, 9.17) is 0 Å². The summed E-state index contributed by atoms with van der Waals surface area (Å²) in [4.78, 5) is 0. The second-order valence-corrected chi connectivity index (χ2v) is 4.56. The van der Waals surface area contributed by atoms with Gasteiger partial charge in [0.1, 0.15) is 12.2 Å². The van der Waals surface area contributed by atoms with Gasteiger partial charge in [0.15, 0.2) is 0 Å². The average molecular weight is 226 g/mol. The number of hydrogen-bond acceptors (Lipinski definition) is 4. The van der Waals surface area contributed by atoms with E-state index in [-0.39, 0.29) is 0 Å². The van der Waals surface area contributed by atoms with Crippen LogP contribution in [0.2, 0.25) is 0 Å². The van der Waals surface area contributed by atoms with Crippen LogP contribution in [0.25, 0.3) is 0 Å². The Morgan fingerprint density at radius 1 is 0.857 bits per heavy atom. The third-order valence-electron chi connectivity index (χ3n) is 2.07. The van der Waals surface area contributed by atoms with E-state index < -0.39 is 12.2 Å². The fourth-order valence-electron chi connectivity index (χ4n) is 1.25. The fourth-order valence-corrected chi connectivity index (χ4v) is 2.63. The van der Waals surface area contributed by atoms with Gasteiger partial charge >= 0.3 is 0 Å². The zero-order valence-corrected chi connectivity index (χ0v) is 8.96. The van der Waals surface area contributed by atoms with Gasteiger partial charge < -0.3 is 10.2 Å². The highest BCUT2D eigenvalue weighted by Gasteiger charge is 2.20. The van der Waals surface area contributed by atoms with E-state index >= 15 is 0 Å². The summed E-state index contributed by atoms with van der Waals surface area (Å²) in [6.45, 7) is 0. The second-order valence-electron chi connectivity index (χ2n) is 3.00. The van der Waals surface area contributed by atoms with E-state index in [1.54, 1.807) is 0 Å². The predicted molar refractivity (Wildman–Crippen MR) is 58.6 cm³/mol. The first kappa shape index (κ1) is 9.86. The van der Waals surface area contributed by atoms with Crippen molar-refractivity contribution in [3.8, 4) is 0 Å². The molecule has 0 saturated heterocycles. The third kappa shape index (κ3) is 1.88. The van der Waals surface area contributed by atoms with Crippen LogP contribution in [0.1, 0.15) is 23.3 Å². The van der Waals surface area contributed by atoms with Crippen molar-refractivity contribution in [1.29, 1.82) is 0 Å². The Bertz CT molecular complexity index is 328. The first-order chi connectivity index (χ1) is 6.79. The molecule has 0 amide bonds. The number of rotatable bonds is 3. The molecule has 2 N–H and O–H groups in total. The smallest absolute Gasteiger partial charge is 0.110 e. The number of aliphatic hydroxyl groups excluding tert-OH is 2. The Kier molecular flexibility index (Phi) is 2.98. The van der Waals surface area contributed by atoms with Gasteiger partial charge in [-0.2, -0.15) is 22.7 Å². The maximum atomic E-state index is 9.81. The van der Waals surface area contributed by atoms with Gasteiger partial charge in [0.05, 0.1) is 0 Å². The van der Waals surface area contributed by atoms with Crippen molar-refractivity contribution in [2.75, 3.05) is 0 Å². The molecule has 14 heavy (non-hydrogen) atoms. The SMILES string of the molecule is OC(c1ccsc1)C(O)c1ccsc1. The van der Waals surface area contributed by atoms with Gasteiger partial charge in [-0.05, 0) is 44.8 Å². The van der Waals surface area contributed by atoms with Crippen LogP contribution in [-0.4, -0.2) is 10.2 Å². The van der Waals surface area contributed by atoms with Crippen LogP contribution in [-0.2, 0) is 0 Å². The van der Waals surface area contributed by atoms with E-state index in [0.29, 0.717) is 0 Å². The molecular formula is C10H10O2S2. The quantitative estimate of drug-likeness (QED) is 0.844. The predicted octanol–water partition coefficient (Wildman–Crippen LogP) is 2.58. The maximum Gasteiger partial charge on any atom is 0.110 e. The molecule has 0 aromatic carbocycles. The van der Waals surface area contributed by atoms with Crippen LogP contribution >= 0.6 is 22.7 Å². The lowest BCUT2D eigenvalue weighted by molar-refractivity contribution is 0.0177. The molecule has 2 rings (SSSR count). The van der Waals surface area contributed by atoms with Crippen molar-refractivity contribution < 1.29 is 10.2 Å². The molecule has 2 unspecified atom stereocenters. The Hall–Kier alpha value is -0.680. The Morgan fingerprint density at radius 2 is 1.29 bits per heavy atom. The van der Waals surface area contributed by atoms with E-state index in [1.165, 1.54) is 22.7 Å². The highest BCUT2D eigenvalue weighted by Crippen LogP contribution is 2.30. The van der Waals surface area contributed by atoms with Crippen LogP contribution in [0.4, 0.5) is 0 Å². The summed E-state index contributed by atoms with van der Waals surface area (Å²) in [5.74, 6) is 0. The summed E-state index contributed by atoms with van der Waals surface area (Å²) in [5, 5.41) is 27.1. The van der Waals surface area contributed by atoms with Crippen molar-refractivity contribution in [3.05, 3.63) is 44.8 Å².